The van der Waals surface area contributed by atoms with Gasteiger partial charge in [-0.05, 0) is 18.2 Å². The number of aromatic nitrogens is 1. The number of benzene rings is 1. The van der Waals surface area contributed by atoms with Gasteiger partial charge in [0.2, 0.25) is 0 Å². The zero-order valence-electron chi connectivity index (χ0n) is 9.86. The number of aromatic amines is 1. The van der Waals surface area contributed by atoms with Crippen molar-refractivity contribution in [3.63, 3.8) is 0 Å². The highest BCUT2D eigenvalue weighted by molar-refractivity contribution is 6.30. The Bertz CT molecular complexity index is 741. The standard InChI is InChI=1S/C13H7F3N2O2/c14-13(15,16)7-1-2-9-8(5-7)10(6-17-9)18-11(19)3-4-12(18)20/h1-6,17H. The summed E-state index contributed by atoms with van der Waals surface area (Å²) in [5.41, 5.74) is -0.301. The molecule has 1 aliphatic rings. The van der Waals surface area contributed by atoms with Crippen molar-refractivity contribution >= 4 is 28.4 Å². The smallest absolute Gasteiger partial charge is 0.359 e. The maximum atomic E-state index is 12.7. The molecule has 0 saturated carbocycles. The lowest BCUT2D eigenvalue weighted by molar-refractivity contribution is -0.137. The maximum absolute atomic E-state index is 12.7. The molecule has 0 saturated heterocycles. The first-order chi connectivity index (χ1) is 9.38. The first kappa shape index (κ1) is 12.5. The Morgan fingerprint density at radius 1 is 1.05 bits per heavy atom. The van der Waals surface area contributed by atoms with E-state index in [1.165, 1.54) is 12.3 Å². The van der Waals surface area contributed by atoms with Gasteiger partial charge in [0.05, 0.1) is 11.3 Å². The monoisotopic (exact) mass is 280 g/mol. The van der Waals surface area contributed by atoms with E-state index < -0.39 is 23.6 Å². The van der Waals surface area contributed by atoms with Gasteiger partial charge in [-0.15, -0.1) is 0 Å². The molecule has 20 heavy (non-hydrogen) atoms. The molecule has 102 valence electrons. The molecule has 4 nitrogen and oxygen atoms in total. The Hall–Kier alpha value is -2.57. The van der Waals surface area contributed by atoms with Crippen LogP contribution in [0.15, 0.2) is 36.5 Å². The molecule has 1 N–H and O–H groups in total. The quantitative estimate of drug-likeness (QED) is 0.816. The Morgan fingerprint density at radius 2 is 1.70 bits per heavy atom. The van der Waals surface area contributed by atoms with Gasteiger partial charge < -0.3 is 4.98 Å². The molecule has 2 aromatic rings. The lowest BCUT2D eigenvalue weighted by atomic mass is 10.1. The molecule has 0 unspecified atom stereocenters. The number of anilines is 1. The summed E-state index contributed by atoms with van der Waals surface area (Å²) in [5, 5.41) is 0.172. The zero-order valence-corrected chi connectivity index (χ0v) is 9.86. The minimum atomic E-state index is -4.49. The lowest BCUT2D eigenvalue weighted by Gasteiger charge is -2.13. The third kappa shape index (κ3) is 1.78. The van der Waals surface area contributed by atoms with Crippen molar-refractivity contribution in [3.05, 3.63) is 42.1 Å². The normalized spacial score (nSPS) is 15.7. The number of alkyl halides is 3. The van der Waals surface area contributed by atoms with Gasteiger partial charge in [-0.2, -0.15) is 13.2 Å². The van der Waals surface area contributed by atoms with Crippen LogP contribution in [0.1, 0.15) is 5.56 Å². The van der Waals surface area contributed by atoms with Crippen LogP contribution >= 0.6 is 0 Å². The Kier molecular flexibility index (Phi) is 2.47. The molecule has 0 atom stereocenters. The third-order valence-corrected chi connectivity index (χ3v) is 3.04. The van der Waals surface area contributed by atoms with Crippen molar-refractivity contribution < 1.29 is 22.8 Å². The number of fused-ring (bicyclic) bond motifs is 1. The van der Waals surface area contributed by atoms with E-state index in [0.29, 0.717) is 5.52 Å². The minimum Gasteiger partial charge on any atom is -0.359 e. The summed E-state index contributed by atoms with van der Waals surface area (Å²) in [6.45, 7) is 0. The van der Waals surface area contributed by atoms with E-state index in [-0.39, 0.29) is 11.1 Å². The van der Waals surface area contributed by atoms with Crippen molar-refractivity contribution in [3.8, 4) is 0 Å². The van der Waals surface area contributed by atoms with Crippen LogP contribution in [0.5, 0.6) is 0 Å². The fourth-order valence-electron chi connectivity index (χ4n) is 2.10. The van der Waals surface area contributed by atoms with Crippen LogP contribution in [0.25, 0.3) is 10.9 Å². The molecule has 3 rings (SSSR count). The number of amides is 2. The number of carbonyl (C=O) groups is 2. The van der Waals surface area contributed by atoms with Crippen LogP contribution in [0.3, 0.4) is 0 Å². The fraction of sp³-hybridized carbons (Fsp3) is 0.0769. The molecule has 7 heteroatoms. The lowest BCUT2D eigenvalue weighted by Crippen LogP contribution is -2.29. The van der Waals surface area contributed by atoms with Gasteiger partial charge in [0.15, 0.2) is 0 Å². The predicted molar refractivity (Wildman–Crippen MR) is 64.9 cm³/mol. The molecule has 0 aliphatic carbocycles. The maximum Gasteiger partial charge on any atom is 0.416 e. The van der Waals surface area contributed by atoms with Crippen molar-refractivity contribution in [1.82, 2.24) is 4.98 Å². The first-order valence-corrected chi connectivity index (χ1v) is 5.62. The van der Waals surface area contributed by atoms with Crippen molar-refractivity contribution in [2.75, 3.05) is 4.90 Å². The zero-order chi connectivity index (χ0) is 14.5. The number of hydrogen-bond acceptors (Lipinski definition) is 2. The fourth-order valence-corrected chi connectivity index (χ4v) is 2.10. The molecule has 2 amide bonds. The SMILES string of the molecule is O=C1C=CC(=O)N1c1c[nH]c2ccc(C(F)(F)F)cc12. The molecule has 1 aromatic heterocycles. The largest absolute Gasteiger partial charge is 0.416 e. The van der Waals surface area contributed by atoms with E-state index in [2.05, 4.69) is 4.98 Å². The summed E-state index contributed by atoms with van der Waals surface area (Å²) < 4.78 is 38.1. The molecule has 0 radical (unpaired) electrons. The highest BCUT2D eigenvalue weighted by Gasteiger charge is 2.32. The first-order valence-electron chi connectivity index (χ1n) is 5.62. The highest BCUT2D eigenvalue weighted by Crippen LogP contribution is 2.35. The molecule has 1 aromatic carbocycles. The van der Waals surface area contributed by atoms with E-state index >= 15 is 0 Å². The summed E-state index contributed by atoms with van der Waals surface area (Å²) in [7, 11) is 0. The van der Waals surface area contributed by atoms with E-state index in [9.17, 15) is 22.8 Å². The average Bonchev–Trinajstić information content (AvgIpc) is 2.92. The highest BCUT2D eigenvalue weighted by atomic mass is 19.4. The Labute approximate surface area is 110 Å². The Morgan fingerprint density at radius 3 is 2.30 bits per heavy atom. The minimum absolute atomic E-state index is 0.117. The number of hydrogen-bond donors (Lipinski definition) is 1. The van der Waals surface area contributed by atoms with Crippen LogP contribution in [0, 0.1) is 0 Å². The second kappa shape index (κ2) is 3.96. The summed E-state index contributed by atoms with van der Waals surface area (Å²) in [4.78, 5) is 26.8. The van der Waals surface area contributed by atoms with Crippen molar-refractivity contribution in [2.45, 2.75) is 6.18 Å². The summed E-state index contributed by atoms with van der Waals surface area (Å²) in [6.07, 6.45) is -0.989. The van der Waals surface area contributed by atoms with Crippen LogP contribution in [0.2, 0.25) is 0 Å². The van der Waals surface area contributed by atoms with Gasteiger partial charge in [0.1, 0.15) is 0 Å². The molecule has 2 heterocycles. The van der Waals surface area contributed by atoms with Crippen LogP contribution < -0.4 is 4.90 Å². The summed E-state index contributed by atoms with van der Waals surface area (Å²) >= 11 is 0. The third-order valence-electron chi connectivity index (χ3n) is 3.04. The molecule has 0 fully saturated rings. The van der Waals surface area contributed by atoms with E-state index in [4.69, 9.17) is 0 Å². The number of rotatable bonds is 1. The molecular formula is C13H7F3N2O2. The molecular weight excluding hydrogens is 273 g/mol. The van der Waals surface area contributed by atoms with E-state index in [1.54, 1.807) is 0 Å². The second-order valence-corrected chi connectivity index (χ2v) is 4.28. The van der Waals surface area contributed by atoms with Gasteiger partial charge in [-0.3, -0.25) is 9.59 Å². The van der Waals surface area contributed by atoms with E-state index in [1.807, 2.05) is 0 Å². The summed E-state index contributed by atoms with van der Waals surface area (Å²) in [5.74, 6) is -1.15. The van der Waals surface area contributed by atoms with Gasteiger partial charge in [0.25, 0.3) is 11.8 Å². The number of nitrogens with one attached hydrogen (secondary N) is 1. The van der Waals surface area contributed by atoms with Gasteiger partial charge in [-0.25, -0.2) is 4.90 Å². The van der Waals surface area contributed by atoms with Gasteiger partial charge in [-0.1, -0.05) is 0 Å². The van der Waals surface area contributed by atoms with Gasteiger partial charge in [0, 0.05) is 29.3 Å². The molecule has 1 aliphatic heterocycles. The topological polar surface area (TPSA) is 53.2 Å². The number of carbonyl (C=O) groups excluding carboxylic acids is 2. The van der Waals surface area contributed by atoms with Gasteiger partial charge >= 0.3 is 6.18 Å². The second-order valence-electron chi connectivity index (χ2n) is 4.28. The van der Waals surface area contributed by atoms with Crippen LogP contribution in [0.4, 0.5) is 18.9 Å². The van der Waals surface area contributed by atoms with Crippen LogP contribution in [-0.2, 0) is 15.8 Å². The average molecular weight is 280 g/mol. The number of imide groups is 1. The summed E-state index contributed by atoms with van der Waals surface area (Å²) in [6, 6.07) is 3.12. The number of nitrogens with zero attached hydrogens (tertiary/aromatic N) is 1. The van der Waals surface area contributed by atoms with Crippen LogP contribution in [-0.4, -0.2) is 16.8 Å². The Balaban J connectivity index is 2.17. The predicted octanol–water partition coefficient (Wildman–Crippen LogP) is 2.62. The number of H-pyrrole nitrogens is 1. The molecule has 0 bridgehead atoms. The van der Waals surface area contributed by atoms with E-state index in [0.717, 1.165) is 29.2 Å². The number of halogens is 3. The molecule has 0 spiro atoms. The van der Waals surface area contributed by atoms with Crippen molar-refractivity contribution in [1.29, 1.82) is 0 Å². The van der Waals surface area contributed by atoms with Crippen molar-refractivity contribution in [2.24, 2.45) is 0 Å².